The number of nitrogens with one attached hydrogen (secondary N) is 1. The van der Waals surface area contributed by atoms with Gasteiger partial charge in [0.1, 0.15) is 0 Å². The standard InChI is InChI=1S/C21H25N3O3/c1-2-27-21(26)22-19-10-6-9-18(15-19)20(25)24-13-11-23(12-14-24)16-17-7-4-3-5-8-17/h3-10,15H,2,11-14,16H2,1H3,(H,22,26). The summed E-state index contributed by atoms with van der Waals surface area (Å²) in [5, 5.41) is 2.64. The van der Waals surface area contributed by atoms with Crippen LogP contribution in [0.1, 0.15) is 22.8 Å². The third-order valence-electron chi connectivity index (χ3n) is 4.54. The molecule has 0 aromatic heterocycles. The summed E-state index contributed by atoms with van der Waals surface area (Å²) in [6.07, 6.45) is -0.517. The van der Waals surface area contributed by atoms with Crippen LogP contribution in [-0.2, 0) is 11.3 Å². The van der Waals surface area contributed by atoms with Crippen LogP contribution >= 0.6 is 0 Å². The molecule has 0 radical (unpaired) electrons. The number of benzene rings is 2. The smallest absolute Gasteiger partial charge is 0.411 e. The summed E-state index contributed by atoms with van der Waals surface area (Å²) in [7, 11) is 0. The Morgan fingerprint density at radius 1 is 1.00 bits per heavy atom. The number of hydrogen-bond acceptors (Lipinski definition) is 4. The molecule has 1 N–H and O–H groups in total. The molecule has 0 unspecified atom stereocenters. The highest BCUT2D eigenvalue weighted by atomic mass is 16.5. The molecule has 1 aliphatic rings. The highest BCUT2D eigenvalue weighted by Gasteiger charge is 2.22. The maximum absolute atomic E-state index is 12.8. The van der Waals surface area contributed by atoms with Crippen molar-refractivity contribution >= 4 is 17.7 Å². The predicted octanol–water partition coefficient (Wildman–Crippen LogP) is 3.21. The number of nitrogens with zero attached hydrogens (tertiary/aromatic N) is 2. The predicted molar refractivity (Wildman–Crippen MR) is 105 cm³/mol. The summed E-state index contributed by atoms with van der Waals surface area (Å²) in [6.45, 7) is 6.04. The van der Waals surface area contributed by atoms with E-state index in [1.807, 2.05) is 23.1 Å². The molecule has 0 spiro atoms. The van der Waals surface area contributed by atoms with Gasteiger partial charge in [-0.3, -0.25) is 15.0 Å². The van der Waals surface area contributed by atoms with Crippen LogP contribution in [-0.4, -0.2) is 54.6 Å². The first-order chi connectivity index (χ1) is 13.2. The fraction of sp³-hybridized carbons (Fsp3) is 0.333. The summed E-state index contributed by atoms with van der Waals surface area (Å²) in [5.74, 6) is -0.0122. The van der Waals surface area contributed by atoms with Gasteiger partial charge in [-0.15, -0.1) is 0 Å². The van der Waals surface area contributed by atoms with E-state index in [2.05, 4.69) is 22.3 Å². The van der Waals surface area contributed by atoms with Crippen LogP contribution in [0.25, 0.3) is 0 Å². The lowest BCUT2D eigenvalue weighted by atomic mass is 10.1. The third-order valence-corrected chi connectivity index (χ3v) is 4.54. The van der Waals surface area contributed by atoms with E-state index in [1.54, 1.807) is 31.2 Å². The Labute approximate surface area is 159 Å². The lowest BCUT2D eigenvalue weighted by Gasteiger charge is -2.34. The fourth-order valence-corrected chi connectivity index (χ4v) is 3.15. The molecule has 1 fully saturated rings. The lowest BCUT2D eigenvalue weighted by Crippen LogP contribution is -2.48. The molecule has 0 atom stereocenters. The normalized spacial score (nSPS) is 14.6. The molecule has 6 heteroatoms. The molecule has 0 aliphatic carbocycles. The summed E-state index contributed by atoms with van der Waals surface area (Å²) < 4.78 is 4.87. The Hall–Kier alpha value is -2.86. The Morgan fingerprint density at radius 2 is 1.74 bits per heavy atom. The van der Waals surface area contributed by atoms with Crippen LogP contribution in [0.5, 0.6) is 0 Å². The average Bonchev–Trinajstić information content (AvgIpc) is 2.69. The van der Waals surface area contributed by atoms with Gasteiger partial charge in [-0.2, -0.15) is 0 Å². The molecule has 1 heterocycles. The van der Waals surface area contributed by atoms with Gasteiger partial charge in [-0.25, -0.2) is 4.79 Å². The number of hydrogen-bond donors (Lipinski definition) is 1. The molecular formula is C21H25N3O3. The van der Waals surface area contributed by atoms with Gasteiger partial charge in [0.2, 0.25) is 0 Å². The van der Waals surface area contributed by atoms with Crippen LogP contribution in [0.2, 0.25) is 0 Å². The molecule has 1 aliphatic heterocycles. The number of amides is 2. The molecule has 27 heavy (non-hydrogen) atoms. The van der Waals surface area contributed by atoms with Gasteiger partial charge in [0.05, 0.1) is 6.61 Å². The van der Waals surface area contributed by atoms with Gasteiger partial charge in [0, 0.05) is 44.0 Å². The molecule has 3 rings (SSSR count). The molecule has 142 valence electrons. The summed E-state index contributed by atoms with van der Waals surface area (Å²) >= 11 is 0. The van der Waals surface area contributed by atoms with Crippen LogP contribution < -0.4 is 5.32 Å². The highest BCUT2D eigenvalue weighted by Crippen LogP contribution is 2.15. The number of ether oxygens (including phenoxy) is 1. The Morgan fingerprint density at radius 3 is 2.44 bits per heavy atom. The largest absolute Gasteiger partial charge is 0.450 e. The van der Waals surface area contributed by atoms with Crippen molar-refractivity contribution in [1.82, 2.24) is 9.80 Å². The number of anilines is 1. The minimum atomic E-state index is -0.517. The van der Waals surface area contributed by atoms with E-state index < -0.39 is 6.09 Å². The van der Waals surface area contributed by atoms with E-state index >= 15 is 0 Å². The van der Waals surface area contributed by atoms with Crippen molar-refractivity contribution in [3.63, 3.8) is 0 Å². The first kappa shape index (κ1) is 18.9. The van der Waals surface area contributed by atoms with Gasteiger partial charge in [0.25, 0.3) is 5.91 Å². The summed E-state index contributed by atoms with van der Waals surface area (Å²) in [5.41, 5.74) is 2.41. The lowest BCUT2D eigenvalue weighted by molar-refractivity contribution is 0.0628. The van der Waals surface area contributed by atoms with Crippen molar-refractivity contribution in [2.45, 2.75) is 13.5 Å². The number of rotatable bonds is 5. The minimum Gasteiger partial charge on any atom is -0.450 e. The van der Waals surface area contributed by atoms with E-state index in [0.717, 1.165) is 19.6 Å². The first-order valence-electron chi connectivity index (χ1n) is 9.25. The number of piperazine rings is 1. The van der Waals surface area contributed by atoms with Crippen molar-refractivity contribution in [2.24, 2.45) is 0 Å². The Bertz CT molecular complexity index is 771. The Balaban J connectivity index is 1.55. The van der Waals surface area contributed by atoms with Gasteiger partial charge >= 0.3 is 6.09 Å². The quantitative estimate of drug-likeness (QED) is 0.881. The molecule has 2 aromatic rings. The van der Waals surface area contributed by atoms with Gasteiger partial charge in [-0.05, 0) is 30.7 Å². The fourth-order valence-electron chi connectivity index (χ4n) is 3.15. The van der Waals surface area contributed by atoms with Crippen molar-refractivity contribution in [3.05, 3.63) is 65.7 Å². The molecule has 2 amide bonds. The van der Waals surface area contributed by atoms with Crippen molar-refractivity contribution in [1.29, 1.82) is 0 Å². The van der Waals surface area contributed by atoms with Crippen LogP contribution in [0, 0.1) is 0 Å². The topological polar surface area (TPSA) is 61.9 Å². The van der Waals surface area contributed by atoms with Crippen molar-refractivity contribution < 1.29 is 14.3 Å². The van der Waals surface area contributed by atoms with E-state index in [-0.39, 0.29) is 5.91 Å². The monoisotopic (exact) mass is 367 g/mol. The van der Waals surface area contributed by atoms with Crippen LogP contribution in [0.15, 0.2) is 54.6 Å². The third kappa shape index (κ3) is 5.31. The zero-order chi connectivity index (χ0) is 19.1. The second-order valence-electron chi connectivity index (χ2n) is 6.48. The van der Waals surface area contributed by atoms with Crippen LogP contribution in [0.3, 0.4) is 0 Å². The number of carbonyl (C=O) groups is 2. The van der Waals surface area contributed by atoms with E-state index in [0.29, 0.717) is 30.9 Å². The zero-order valence-corrected chi connectivity index (χ0v) is 15.6. The molecule has 0 bridgehead atoms. The Kier molecular flexibility index (Phi) is 6.44. The zero-order valence-electron chi connectivity index (χ0n) is 15.6. The molecule has 2 aromatic carbocycles. The highest BCUT2D eigenvalue weighted by molar-refractivity contribution is 5.96. The van der Waals surface area contributed by atoms with Gasteiger partial charge < -0.3 is 9.64 Å². The molecule has 1 saturated heterocycles. The molecule has 6 nitrogen and oxygen atoms in total. The van der Waals surface area contributed by atoms with E-state index in [4.69, 9.17) is 4.74 Å². The summed E-state index contributed by atoms with van der Waals surface area (Å²) in [4.78, 5) is 28.6. The maximum Gasteiger partial charge on any atom is 0.411 e. The molecule has 0 saturated carbocycles. The minimum absolute atomic E-state index is 0.0122. The SMILES string of the molecule is CCOC(=O)Nc1cccc(C(=O)N2CCN(Cc3ccccc3)CC2)c1. The van der Waals surface area contributed by atoms with E-state index in [1.165, 1.54) is 5.56 Å². The number of carbonyl (C=O) groups excluding carboxylic acids is 2. The van der Waals surface area contributed by atoms with Gasteiger partial charge in [0.15, 0.2) is 0 Å². The average molecular weight is 367 g/mol. The second kappa shape index (κ2) is 9.19. The first-order valence-corrected chi connectivity index (χ1v) is 9.25. The van der Waals surface area contributed by atoms with E-state index in [9.17, 15) is 9.59 Å². The second-order valence-corrected chi connectivity index (χ2v) is 6.48. The summed E-state index contributed by atoms with van der Waals surface area (Å²) in [6, 6.07) is 17.3. The van der Waals surface area contributed by atoms with Crippen LogP contribution in [0.4, 0.5) is 10.5 Å². The maximum atomic E-state index is 12.8. The van der Waals surface area contributed by atoms with Crippen molar-refractivity contribution in [2.75, 3.05) is 38.1 Å². The molecular weight excluding hydrogens is 342 g/mol. The van der Waals surface area contributed by atoms with Gasteiger partial charge in [-0.1, -0.05) is 36.4 Å². The van der Waals surface area contributed by atoms with Crippen molar-refractivity contribution in [3.8, 4) is 0 Å².